The first-order valence-corrected chi connectivity index (χ1v) is 12.6. The minimum absolute atomic E-state index is 0.00951. The number of fused-ring (bicyclic) bond motifs is 2. The zero-order chi connectivity index (χ0) is 28.3. The molecule has 0 unspecified atom stereocenters. The molecule has 7 nitrogen and oxygen atoms in total. The zero-order valence-corrected chi connectivity index (χ0v) is 22.7. The first-order valence-electron chi connectivity index (χ1n) is 10.7. The fraction of sp³-hybridized carbons (Fsp3) is 0. The molecule has 1 aliphatic heterocycles. The van der Waals surface area contributed by atoms with Crippen LogP contribution >= 0.6 is 58.0 Å². The van der Waals surface area contributed by atoms with Crippen molar-refractivity contribution in [1.29, 1.82) is 0 Å². The van der Waals surface area contributed by atoms with Crippen molar-refractivity contribution in [3.63, 3.8) is 0 Å². The topological polar surface area (TPSA) is 128 Å². The minimum Gasteiger partial charge on any atom is -0.871 e. The molecule has 196 valence electrons. The maximum Gasteiger partial charge on any atom is 0.337 e. The lowest BCUT2D eigenvalue weighted by atomic mass is 9.88. The number of rotatable bonds is 4. The van der Waals surface area contributed by atoms with Gasteiger partial charge in [-0.1, -0.05) is 75.9 Å². The first kappa shape index (κ1) is 27.1. The summed E-state index contributed by atoms with van der Waals surface area (Å²) in [5.74, 6) is -3.21. The van der Waals surface area contributed by atoms with Crippen LogP contribution < -0.4 is 10.5 Å². The Balaban J connectivity index is 1.99. The molecule has 0 fully saturated rings. The normalized spacial score (nSPS) is 11.3. The molecular formula is C27H10Cl5O7-. The molecule has 0 radical (unpaired) electrons. The van der Waals surface area contributed by atoms with Crippen molar-refractivity contribution in [3.05, 3.63) is 95.0 Å². The van der Waals surface area contributed by atoms with Crippen LogP contribution in [0.1, 0.15) is 20.7 Å². The smallest absolute Gasteiger partial charge is 0.337 e. The number of halogens is 5. The van der Waals surface area contributed by atoms with Gasteiger partial charge < -0.3 is 19.7 Å². The average Bonchev–Trinajstić information content (AvgIpc) is 2.89. The molecule has 0 bridgehead atoms. The average molecular weight is 624 g/mol. The van der Waals surface area contributed by atoms with Crippen molar-refractivity contribution in [1.82, 2.24) is 0 Å². The van der Waals surface area contributed by atoms with Crippen LogP contribution in [0.5, 0.6) is 5.75 Å². The van der Waals surface area contributed by atoms with Gasteiger partial charge in [0.2, 0.25) is 0 Å². The Morgan fingerprint density at radius 3 is 2.00 bits per heavy atom. The molecule has 1 heterocycles. The van der Waals surface area contributed by atoms with Gasteiger partial charge in [-0.25, -0.2) is 9.59 Å². The maximum absolute atomic E-state index is 13.1. The molecule has 0 saturated carbocycles. The van der Waals surface area contributed by atoms with Crippen LogP contribution in [0.4, 0.5) is 0 Å². The number of carbonyl (C=O) groups is 2. The van der Waals surface area contributed by atoms with Crippen molar-refractivity contribution in [2.45, 2.75) is 0 Å². The largest absolute Gasteiger partial charge is 0.871 e. The Labute approximate surface area is 243 Å². The van der Waals surface area contributed by atoms with Crippen LogP contribution in [0.3, 0.4) is 0 Å². The second kappa shape index (κ2) is 9.93. The third-order valence-corrected chi connectivity index (χ3v) is 8.15. The van der Waals surface area contributed by atoms with Gasteiger partial charge in [-0.3, -0.25) is 4.79 Å². The zero-order valence-electron chi connectivity index (χ0n) is 18.9. The lowest BCUT2D eigenvalue weighted by Gasteiger charge is -2.21. The van der Waals surface area contributed by atoms with E-state index in [4.69, 9.17) is 62.4 Å². The van der Waals surface area contributed by atoms with Crippen molar-refractivity contribution < 1.29 is 29.3 Å². The summed E-state index contributed by atoms with van der Waals surface area (Å²) in [6.45, 7) is 0. The molecule has 3 aromatic carbocycles. The van der Waals surface area contributed by atoms with Gasteiger partial charge in [-0.2, -0.15) is 0 Å². The summed E-state index contributed by atoms with van der Waals surface area (Å²) in [6.07, 6.45) is 0. The van der Waals surface area contributed by atoms with Crippen LogP contribution in [-0.2, 0) is 0 Å². The van der Waals surface area contributed by atoms with Crippen LogP contribution in [0.15, 0.2) is 57.7 Å². The summed E-state index contributed by atoms with van der Waals surface area (Å²) in [4.78, 5) is 36.8. The van der Waals surface area contributed by atoms with E-state index in [1.54, 1.807) is 0 Å². The van der Waals surface area contributed by atoms with E-state index in [1.165, 1.54) is 36.4 Å². The molecule has 0 aromatic heterocycles. The fourth-order valence-corrected chi connectivity index (χ4v) is 5.47. The molecule has 0 amide bonds. The number of benzene rings is 4. The Hall–Kier alpha value is -3.46. The van der Waals surface area contributed by atoms with Gasteiger partial charge in [-0.15, -0.1) is 0 Å². The minimum atomic E-state index is -1.48. The Kier molecular flexibility index (Phi) is 6.91. The predicted octanol–water partition coefficient (Wildman–Crippen LogP) is 7.97. The highest BCUT2D eigenvalue weighted by Crippen LogP contribution is 2.51. The van der Waals surface area contributed by atoms with E-state index in [2.05, 4.69) is 0 Å². The molecule has 0 saturated heterocycles. The van der Waals surface area contributed by atoms with Crippen molar-refractivity contribution >= 4 is 80.9 Å². The molecule has 0 atom stereocenters. The molecule has 3 aromatic rings. The summed E-state index contributed by atoms with van der Waals surface area (Å²) in [5.41, 5.74) is -0.288. The second-order valence-electron chi connectivity index (χ2n) is 8.29. The van der Waals surface area contributed by atoms with E-state index in [1.807, 2.05) is 0 Å². The van der Waals surface area contributed by atoms with E-state index < -0.39 is 28.7 Å². The number of aromatic carboxylic acids is 2. The SMILES string of the molecule is O=C(O)c1ccc(-c2cc3c(-c4c(Cl)c(Cl)c(Cl)c(Cl)c4C(=O)O)c4cc(Cl)c([O-])cc4oc-3cc2=O)cc1. The molecule has 39 heavy (non-hydrogen) atoms. The molecule has 2 N–H and O–H groups in total. The van der Waals surface area contributed by atoms with Gasteiger partial charge in [-0.05, 0) is 35.9 Å². The van der Waals surface area contributed by atoms with Crippen molar-refractivity contribution in [2.75, 3.05) is 0 Å². The summed E-state index contributed by atoms with van der Waals surface area (Å²) < 4.78 is 5.87. The number of hydrogen-bond acceptors (Lipinski definition) is 5. The highest BCUT2D eigenvalue weighted by Gasteiger charge is 2.30. The Morgan fingerprint density at radius 1 is 0.744 bits per heavy atom. The Morgan fingerprint density at radius 2 is 1.38 bits per heavy atom. The van der Waals surface area contributed by atoms with Crippen LogP contribution in [-0.4, -0.2) is 22.2 Å². The van der Waals surface area contributed by atoms with Gasteiger partial charge in [0, 0.05) is 38.7 Å². The van der Waals surface area contributed by atoms with Gasteiger partial charge >= 0.3 is 11.9 Å². The molecule has 12 heteroatoms. The van der Waals surface area contributed by atoms with E-state index >= 15 is 0 Å². The van der Waals surface area contributed by atoms with E-state index in [0.29, 0.717) is 5.56 Å². The fourth-order valence-electron chi connectivity index (χ4n) is 4.27. The monoisotopic (exact) mass is 621 g/mol. The standard InChI is InChI=1S/C27H11Cl5O7/c28-14-6-13-18(8-16(14)34)39-17-7-15(33)11(9-1-3-10(4-2-9)26(35)36)5-12(17)19(13)20-21(27(37)38)23(30)25(32)24(31)22(20)29/h1-8,34H,(H,35,36)(H,37,38)/p-1. The van der Waals surface area contributed by atoms with Crippen LogP contribution in [0.25, 0.3) is 44.5 Å². The molecule has 2 aliphatic rings. The quantitative estimate of drug-likeness (QED) is 0.118. The molecule has 0 spiro atoms. The van der Waals surface area contributed by atoms with Crippen LogP contribution in [0, 0.1) is 0 Å². The summed E-state index contributed by atoms with van der Waals surface area (Å²) in [7, 11) is 0. The third-order valence-electron chi connectivity index (χ3n) is 6.05. The van der Waals surface area contributed by atoms with Gasteiger partial charge in [0.05, 0.1) is 31.2 Å². The maximum atomic E-state index is 13.1. The Bertz CT molecular complexity index is 1900. The van der Waals surface area contributed by atoms with E-state index in [9.17, 15) is 29.7 Å². The van der Waals surface area contributed by atoms with E-state index in [-0.39, 0.29) is 69.7 Å². The first-order chi connectivity index (χ1) is 18.4. The third kappa shape index (κ3) is 4.46. The number of carboxylic acids is 2. The van der Waals surface area contributed by atoms with Gasteiger partial charge in [0.15, 0.2) is 5.43 Å². The van der Waals surface area contributed by atoms with Crippen LogP contribution in [0.2, 0.25) is 25.1 Å². The lowest BCUT2D eigenvalue weighted by molar-refractivity contribution is -0.268. The highest BCUT2D eigenvalue weighted by molar-refractivity contribution is 6.54. The summed E-state index contributed by atoms with van der Waals surface area (Å²) in [5, 5.41) is 30.5. The lowest BCUT2D eigenvalue weighted by Crippen LogP contribution is -2.08. The second-order valence-corrected chi connectivity index (χ2v) is 10.2. The molecular weight excluding hydrogens is 614 g/mol. The predicted molar refractivity (Wildman–Crippen MR) is 148 cm³/mol. The molecule has 1 aliphatic carbocycles. The summed E-state index contributed by atoms with van der Waals surface area (Å²) >= 11 is 31.5. The van der Waals surface area contributed by atoms with Gasteiger partial charge in [0.25, 0.3) is 0 Å². The summed E-state index contributed by atoms with van der Waals surface area (Å²) in [6, 6.07) is 10.5. The van der Waals surface area contributed by atoms with Crippen molar-refractivity contribution in [2.24, 2.45) is 0 Å². The molecule has 5 rings (SSSR count). The number of carboxylic acid groups (broad SMARTS) is 2. The van der Waals surface area contributed by atoms with Crippen molar-refractivity contribution in [3.8, 4) is 39.3 Å². The van der Waals surface area contributed by atoms with Gasteiger partial charge in [0.1, 0.15) is 11.3 Å². The highest BCUT2D eigenvalue weighted by atomic mass is 35.5. The number of hydrogen-bond donors (Lipinski definition) is 2. The van der Waals surface area contributed by atoms with E-state index in [0.717, 1.165) is 12.1 Å².